The number of carbonyl (C=O) groups is 2. The number of benzene rings is 2. The van der Waals surface area contributed by atoms with Crippen LogP contribution in [0.15, 0.2) is 48.1 Å². The summed E-state index contributed by atoms with van der Waals surface area (Å²) in [6, 6.07) is 11.2. The molecule has 130 valence electrons. The van der Waals surface area contributed by atoms with Gasteiger partial charge in [-0.1, -0.05) is 0 Å². The molecule has 0 fully saturated rings. The van der Waals surface area contributed by atoms with E-state index in [0.29, 0.717) is 5.57 Å². The summed E-state index contributed by atoms with van der Waals surface area (Å²) in [7, 11) is 1.73. The highest BCUT2D eigenvalue weighted by molar-refractivity contribution is 7.17. The molecule has 4 rings (SSSR count). The number of rotatable bonds is 3. The van der Waals surface area contributed by atoms with Gasteiger partial charge in [-0.05, 0) is 36.4 Å². The van der Waals surface area contributed by atoms with Crippen LogP contribution < -0.4 is 15.5 Å². The Morgan fingerprint density at radius 2 is 2.00 bits per heavy atom. The first kappa shape index (κ1) is 16.3. The van der Waals surface area contributed by atoms with Crippen molar-refractivity contribution < 1.29 is 9.59 Å². The summed E-state index contributed by atoms with van der Waals surface area (Å²) in [6.07, 6.45) is 1.71. The zero-order chi connectivity index (χ0) is 18.3. The van der Waals surface area contributed by atoms with E-state index in [1.807, 2.05) is 36.4 Å². The van der Waals surface area contributed by atoms with E-state index in [1.165, 1.54) is 18.3 Å². The van der Waals surface area contributed by atoms with Gasteiger partial charge in [0.05, 0.1) is 27.0 Å². The van der Waals surface area contributed by atoms with Gasteiger partial charge < -0.3 is 15.5 Å². The lowest BCUT2D eigenvalue weighted by molar-refractivity contribution is -0.116. The van der Waals surface area contributed by atoms with Crippen molar-refractivity contribution in [3.63, 3.8) is 0 Å². The maximum atomic E-state index is 12.4. The summed E-state index contributed by atoms with van der Waals surface area (Å²) >= 11 is 1.52. The Morgan fingerprint density at radius 3 is 2.73 bits per heavy atom. The molecule has 0 saturated carbocycles. The van der Waals surface area contributed by atoms with Crippen molar-refractivity contribution in [1.82, 2.24) is 4.98 Å². The lowest BCUT2D eigenvalue weighted by atomic mass is 10.1. The fraction of sp³-hybridized carbons (Fsp3) is 0.105. The van der Waals surface area contributed by atoms with Crippen LogP contribution in [0.2, 0.25) is 0 Å². The molecule has 0 unspecified atom stereocenters. The van der Waals surface area contributed by atoms with Gasteiger partial charge in [0.25, 0.3) is 5.91 Å². The van der Waals surface area contributed by atoms with Gasteiger partial charge in [0.2, 0.25) is 5.91 Å². The lowest BCUT2D eigenvalue weighted by Crippen LogP contribution is -2.22. The number of thiazole rings is 1. The Labute approximate surface area is 154 Å². The first-order valence-electron chi connectivity index (χ1n) is 8.03. The van der Waals surface area contributed by atoms with Crippen molar-refractivity contribution in [2.75, 3.05) is 22.6 Å². The van der Waals surface area contributed by atoms with E-state index in [2.05, 4.69) is 15.6 Å². The number of hydrogen-bond acceptors (Lipinski definition) is 5. The SMILES string of the molecule is CC(=O)N(C)c1ccc(N/C=C2\C(=O)Nc3ccc4ncsc4c32)cc1. The molecule has 1 aromatic heterocycles. The monoisotopic (exact) mass is 364 g/mol. The predicted octanol–water partition coefficient (Wildman–Crippen LogP) is 3.68. The van der Waals surface area contributed by atoms with Crippen LogP contribution in [-0.2, 0) is 9.59 Å². The van der Waals surface area contributed by atoms with Gasteiger partial charge >= 0.3 is 0 Å². The van der Waals surface area contributed by atoms with E-state index >= 15 is 0 Å². The second-order valence-corrected chi connectivity index (χ2v) is 6.82. The predicted molar refractivity (Wildman–Crippen MR) is 105 cm³/mol. The second-order valence-electron chi connectivity index (χ2n) is 5.97. The smallest absolute Gasteiger partial charge is 0.257 e. The van der Waals surface area contributed by atoms with Crippen LogP contribution in [0.1, 0.15) is 12.5 Å². The van der Waals surface area contributed by atoms with Crippen LogP contribution in [-0.4, -0.2) is 23.8 Å². The Balaban J connectivity index is 1.63. The third-order valence-electron chi connectivity index (χ3n) is 4.37. The Kier molecular flexibility index (Phi) is 3.93. The van der Waals surface area contributed by atoms with E-state index in [1.54, 1.807) is 23.7 Å². The van der Waals surface area contributed by atoms with Crippen molar-refractivity contribution in [1.29, 1.82) is 0 Å². The van der Waals surface area contributed by atoms with E-state index in [9.17, 15) is 9.59 Å². The molecule has 0 spiro atoms. The van der Waals surface area contributed by atoms with Gasteiger partial charge in [-0.3, -0.25) is 9.59 Å². The fourth-order valence-corrected chi connectivity index (χ4v) is 3.71. The summed E-state index contributed by atoms with van der Waals surface area (Å²) in [5.41, 5.74) is 6.58. The third-order valence-corrected chi connectivity index (χ3v) is 5.23. The number of nitrogens with one attached hydrogen (secondary N) is 2. The highest BCUT2D eigenvalue weighted by atomic mass is 32.1. The van der Waals surface area contributed by atoms with Crippen LogP contribution in [0, 0.1) is 0 Å². The number of carbonyl (C=O) groups excluding carboxylic acids is 2. The van der Waals surface area contributed by atoms with Gasteiger partial charge in [-0.25, -0.2) is 4.98 Å². The van der Waals surface area contributed by atoms with Gasteiger partial charge in [-0.15, -0.1) is 11.3 Å². The van der Waals surface area contributed by atoms with E-state index in [0.717, 1.165) is 32.8 Å². The van der Waals surface area contributed by atoms with E-state index < -0.39 is 0 Å². The topological polar surface area (TPSA) is 74.3 Å². The standard InChI is InChI=1S/C19H16N4O2S/c1-11(24)23(2)13-5-3-12(4-6-13)20-9-14-17-15(22-19(14)25)7-8-16-18(17)26-10-21-16/h3-10,20H,1-2H3,(H,22,25)/b14-9-. The Hall–Kier alpha value is -3.19. The van der Waals surface area contributed by atoms with Crippen LogP contribution in [0.5, 0.6) is 0 Å². The molecule has 2 aromatic carbocycles. The average Bonchev–Trinajstić information content (AvgIpc) is 3.23. The Morgan fingerprint density at radius 1 is 1.23 bits per heavy atom. The molecular weight excluding hydrogens is 348 g/mol. The minimum atomic E-state index is -0.138. The molecule has 0 saturated heterocycles. The lowest BCUT2D eigenvalue weighted by Gasteiger charge is -2.15. The van der Waals surface area contributed by atoms with Crippen LogP contribution >= 0.6 is 11.3 Å². The maximum absolute atomic E-state index is 12.4. The molecule has 3 aromatic rings. The first-order valence-corrected chi connectivity index (χ1v) is 8.91. The molecule has 0 bridgehead atoms. The molecule has 0 radical (unpaired) electrons. The van der Waals surface area contributed by atoms with Crippen LogP contribution in [0.4, 0.5) is 17.1 Å². The molecule has 2 amide bonds. The van der Waals surface area contributed by atoms with Crippen molar-refractivity contribution in [2.24, 2.45) is 0 Å². The molecule has 0 aliphatic carbocycles. The summed E-state index contributed by atoms with van der Waals surface area (Å²) < 4.78 is 0.993. The third kappa shape index (κ3) is 2.72. The second kappa shape index (κ2) is 6.27. The summed E-state index contributed by atoms with van der Waals surface area (Å²) in [5, 5.41) is 6.06. The highest BCUT2D eigenvalue weighted by Gasteiger charge is 2.27. The minimum absolute atomic E-state index is 0.0272. The number of nitrogens with zero attached hydrogens (tertiary/aromatic N) is 2. The molecule has 26 heavy (non-hydrogen) atoms. The molecule has 2 N–H and O–H groups in total. The largest absolute Gasteiger partial charge is 0.361 e. The van der Waals surface area contributed by atoms with Crippen molar-refractivity contribution in [2.45, 2.75) is 6.92 Å². The fourth-order valence-electron chi connectivity index (χ4n) is 2.86. The summed E-state index contributed by atoms with van der Waals surface area (Å²) in [5.74, 6) is -0.165. The number of fused-ring (bicyclic) bond motifs is 3. The molecule has 1 aliphatic rings. The normalized spacial score (nSPS) is 14.4. The minimum Gasteiger partial charge on any atom is -0.361 e. The van der Waals surface area contributed by atoms with Gasteiger partial charge in [-0.2, -0.15) is 0 Å². The first-order chi connectivity index (χ1) is 12.5. The number of amides is 2. The number of anilines is 3. The van der Waals surface area contributed by atoms with E-state index in [-0.39, 0.29) is 11.8 Å². The summed E-state index contributed by atoms with van der Waals surface area (Å²) in [6.45, 7) is 1.52. The van der Waals surface area contributed by atoms with Gasteiger partial charge in [0.15, 0.2) is 0 Å². The quantitative estimate of drug-likeness (QED) is 0.695. The zero-order valence-electron chi connectivity index (χ0n) is 14.2. The summed E-state index contributed by atoms with van der Waals surface area (Å²) in [4.78, 5) is 29.7. The average molecular weight is 364 g/mol. The van der Waals surface area contributed by atoms with Crippen LogP contribution in [0.25, 0.3) is 15.8 Å². The maximum Gasteiger partial charge on any atom is 0.257 e. The molecule has 2 heterocycles. The molecule has 6 nitrogen and oxygen atoms in total. The molecular formula is C19H16N4O2S. The van der Waals surface area contributed by atoms with Gasteiger partial charge in [0.1, 0.15) is 0 Å². The molecule has 1 aliphatic heterocycles. The van der Waals surface area contributed by atoms with Gasteiger partial charge in [0, 0.05) is 37.1 Å². The van der Waals surface area contributed by atoms with Crippen molar-refractivity contribution in [3.05, 3.63) is 53.7 Å². The number of hydrogen-bond donors (Lipinski definition) is 2. The highest BCUT2D eigenvalue weighted by Crippen LogP contribution is 2.39. The molecule has 0 atom stereocenters. The van der Waals surface area contributed by atoms with Crippen LogP contribution in [0.3, 0.4) is 0 Å². The Bertz CT molecular complexity index is 1050. The number of aromatic nitrogens is 1. The molecule has 7 heteroatoms. The zero-order valence-corrected chi connectivity index (χ0v) is 15.1. The van der Waals surface area contributed by atoms with Crippen molar-refractivity contribution in [3.8, 4) is 0 Å². The van der Waals surface area contributed by atoms with E-state index in [4.69, 9.17) is 0 Å². The van der Waals surface area contributed by atoms with Crippen molar-refractivity contribution >= 4 is 56.0 Å².